The number of ether oxygens (including phenoxy) is 1. The van der Waals surface area contributed by atoms with Crippen molar-refractivity contribution in [2.24, 2.45) is 0 Å². The summed E-state index contributed by atoms with van der Waals surface area (Å²) < 4.78 is 10.9. The third kappa shape index (κ3) is 0.956. The van der Waals surface area contributed by atoms with Crippen LogP contribution in [0, 0.1) is 0 Å². The molecular weight excluding hydrogens is 203 g/mol. The van der Waals surface area contributed by atoms with Crippen LogP contribution in [-0.4, -0.2) is 14.0 Å². The molecule has 0 N–H and O–H groups in total. The Bertz CT molecular complexity index is 473. The van der Waals surface area contributed by atoms with Crippen molar-refractivity contribution in [2.75, 3.05) is 0 Å². The summed E-state index contributed by atoms with van der Waals surface area (Å²) in [7, 11) is 1.41. The van der Waals surface area contributed by atoms with Crippen LogP contribution in [0.1, 0.15) is 30.9 Å². The Morgan fingerprint density at radius 3 is 2.75 bits per heavy atom. The lowest BCUT2D eigenvalue weighted by atomic mass is 9.77. The van der Waals surface area contributed by atoms with Crippen molar-refractivity contribution >= 4 is 14.0 Å². The highest BCUT2D eigenvalue weighted by Crippen LogP contribution is 2.58. The van der Waals surface area contributed by atoms with Crippen molar-refractivity contribution in [2.45, 2.75) is 31.0 Å². The predicted molar refractivity (Wildman–Crippen MR) is 60.4 cm³/mol. The molecular formula is C12H13BO3. The van der Waals surface area contributed by atoms with E-state index < -0.39 is 5.60 Å². The van der Waals surface area contributed by atoms with Crippen LogP contribution < -0.4 is 0 Å². The summed E-state index contributed by atoms with van der Waals surface area (Å²) >= 11 is 0. The van der Waals surface area contributed by atoms with Crippen LogP contribution in [-0.2, 0) is 25.4 Å². The van der Waals surface area contributed by atoms with E-state index in [0.717, 1.165) is 17.5 Å². The molecule has 2 bridgehead atoms. The normalized spacial score (nSPS) is 34.8. The highest BCUT2D eigenvalue weighted by molar-refractivity contribution is 6.07. The van der Waals surface area contributed by atoms with Gasteiger partial charge in [0.15, 0.2) is 5.60 Å². The molecule has 2 heterocycles. The lowest BCUT2D eigenvalue weighted by Crippen LogP contribution is -2.34. The Labute approximate surface area is 95.2 Å². The maximum Gasteiger partial charge on any atom is 0.326 e. The average molecular weight is 216 g/mol. The van der Waals surface area contributed by atoms with E-state index in [1.165, 1.54) is 8.05 Å². The molecule has 0 aromatic heterocycles. The largest absolute Gasteiger partial charge is 0.541 e. The molecule has 1 aromatic carbocycles. The van der Waals surface area contributed by atoms with Gasteiger partial charge in [-0.2, -0.15) is 0 Å². The van der Waals surface area contributed by atoms with Gasteiger partial charge in [-0.05, 0) is 25.3 Å². The van der Waals surface area contributed by atoms with E-state index in [9.17, 15) is 4.79 Å². The van der Waals surface area contributed by atoms with Crippen LogP contribution >= 0.6 is 0 Å². The summed E-state index contributed by atoms with van der Waals surface area (Å²) in [6, 6.07) is 7.94. The molecule has 0 saturated carbocycles. The molecule has 1 saturated heterocycles. The maximum atomic E-state index is 12.0. The Balaban J connectivity index is 2.22. The van der Waals surface area contributed by atoms with E-state index in [1.54, 1.807) is 0 Å². The fourth-order valence-corrected chi connectivity index (χ4v) is 3.00. The Kier molecular flexibility index (Phi) is 1.79. The molecule has 2 aliphatic rings. The van der Waals surface area contributed by atoms with Crippen LogP contribution in [0.5, 0.6) is 0 Å². The van der Waals surface area contributed by atoms with Gasteiger partial charge in [0.1, 0.15) is 0 Å². The van der Waals surface area contributed by atoms with E-state index in [2.05, 4.69) is 0 Å². The lowest BCUT2D eigenvalue weighted by Gasteiger charge is -2.23. The summed E-state index contributed by atoms with van der Waals surface area (Å²) in [6.07, 6.45) is 1.59. The molecule has 1 aromatic rings. The molecule has 4 heteroatoms. The van der Waals surface area contributed by atoms with Crippen molar-refractivity contribution in [1.29, 1.82) is 0 Å². The molecule has 0 unspecified atom stereocenters. The van der Waals surface area contributed by atoms with E-state index in [-0.39, 0.29) is 11.6 Å². The molecule has 1 fully saturated rings. The monoisotopic (exact) mass is 216 g/mol. The van der Waals surface area contributed by atoms with Gasteiger partial charge in [0.2, 0.25) is 0 Å². The number of hydrogen-bond acceptors (Lipinski definition) is 3. The van der Waals surface area contributed by atoms with Gasteiger partial charge in [-0.25, -0.2) is 0 Å². The van der Waals surface area contributed by atoms with Crippen molar-refractivity contribution < 1.29 is 14.2 Å². The van der Waals surface area contributed by atoms with Crippen LogP contribution in [0.25, 0.3) is 0 Å². The topological polar surface area (TPSA) is 35.5 Å². The zero-order valence-corrected chi connectivity index (χ0v) is 9.45. The second-order valence-corrected chi connectivity index (χ2v) is 4.70. The predicted octanol–water partition coefficient (Wildman–Crippen LogP) is 1.01. The zero-order chi connectivity index (χ0) is 11.4. The van der Waals surface area contributed by atoms with Crippen molar-refractivity contribution in [1.82, 2.24) is 0 Å². The third-order valence-corrected chi connectivity index (χ3v) is 3.80. The fraction of sp³-hybridized carbons (Fsp3) is 0.417. The lowest BCUT2D eigenvalue weighted by molar-refractivity contribution is -0.165. The van der Waals surface area contributed by atoms with Crippen molar-refractivity contribution in [3.63, 3.8) is 0 Å². The summed E-state index contributed by atoms with van der Waals surface area (Å²) in [5.74, 6) is -0.277. The number of rotatable bonds is 1. The minimum absolute atomic E-state index is 0.277. The molecule has 2 aliphatic heterocycles. The Morgan fingerprint density at radius 2 is 2.06 bits per heavy atom. The third-order valence-electron chi connectivity index (χ3n) is 3.80. The van der Waals surface area contributed by atoms with Gasteiger partial charge >= 0.3 is 14.0 Å². The van der Waals surface area contributed by atoms with Gasteiger partial charge in [0.25, 0.3) is 0 Å². The van der Waals surface area contributed by atoms with Gasteiger partial charge in [-0.3, -0.25) is 4.79 Å². The molecule has 0 amide bonds. The van der Waals surface area contributed by atoms with Gasteiger partial charge in [0.05, 0.1) is 5.60 Å². The minimum atomic E-state index is -0.847. The highest BCUT2D eigenvalue weighted by Gasteiger charge is 2.61. The molecule has 0 spiro atoms. The quantitative estimate of drug-likeness (QED) is 0.657. The molecule has 3 nitrogen and oxygen atoms in total. The second kappa shape index (κ2) is 2.89. The number of fused-ring (bicyclic) bond motifs is 5. The first-order valence-electron chi connectivity index (χ1n) is 5.51. The fourth-order valence-electron chi connectivity index (χ4n) is 3.00. The van der Waals surface area contributed by atoms with Gasteiger partial charge in [-0.15, -0.1) is 0 Å². The van der Waals surface area contributed by atoms with Gasteiger partial charge in [-0.1, -0.05) is 24.3 Å². The van der Waals surface area contributed by atoms with Gasteiger partial charge < -0.3 is 9.39 Å². The SMILES string of the molecule is BOC(=O)[C@@]12CC[C@@](C)(O1)c1ccccc12. The molecule has 0 aliphatic carbocycles. The first kappa shape index (κ1) is 9.91. The number of hydrogen-bond donors (Lipinski definition) is 0. The molecule has 16 heavy (non-hydrogen) atoms. The summed E-state index contributed by atoms with van der Waals surface area (Å²) in [6.45, 7) is 2.05. The zero-order valence-electron chi connectivity index (χ0n) is 9.45. The standard InChI is InChI=1S/C12H13BO3/c1-11-6-7-12(16-11,10(14)15-13)9-5-3-2-4-8(9)11/h2-5H,6-7,13H2,1H3/t11-,12+/m1/s1. The first-order chi connectivity index (χ1) is 7.62. The first-order valence-corrected chi connectivity index (χ1v) is 5.51. The molecule has 82 valence electrons. The van der Waals surface area contributed by atoms with E-state index in [4.69, 9.17) is 9.39 Å². The van der Waals surface area contributed by atoms with Crippen LogP contribution in [0.3, 0.4) is 0 Å². The van der Waals surface area contributed by atoms with Crippen molar-refractivity contribution in [3.05, 3.63) is 35.4 Å². The van der Waals surface area contributed by atoms with Crippen LogP contribution in [0.15, 0.2) is 24.3 Å². The van der Waals surface area contributed by atoms with Gasteiger partial charge in [0, 0.05) is 5.56 Å². The van der Waals surface area contributed by atoms with E-state index in [1.807, 2.05) is 31.2 Å². The van der Waals surface area contributed by atoms with Crippen LogP contribution in [0.2, 0.25) is 0 Å². The minimum Gasteiger partial charge on any atom is -0.541 e. The highest BCUT2D eigenvalue weighted by atomic mass is 16.6. The smallest absolute Gasteiger partial charge is 0.326 e. The molecule has 0 radical (unpaired) electrons. The van der Waals surface area contributed by atoms with E-state index >= 15 is 0 Å². The molecule has 3 rings (SSSR count). The average Bonchev–Trinajstić information content (AvgIpc) is 2.80. The van der Waals surface area contributed by atoms with E-state index in [0.29, 0.717) is 6.42 Å². The summed E-state index contributed by atoms with van der Waals surface area (Å²) in [5.41, 5.74) is 0.951. The maximum absolute atomic E-state index is 12.0. The van der Waals surface area contributed by atoms with Crippen molar-refractivity contribution in [3.8, 4) is 0 Å². The van der Waals surface area contributed by atoms with Crippen LogP contribution in [0.4, 0.5) is 0 Å². The summed E-state index contributed by atoms with van der Waals surface area (Å²) in [4.78, 5) is 12.0. The summed E-state index contributed by atoms with van der Waals surface area (Å²) in [5, 5.41) is 0. The Hall–Kier alpha value is -1.29. The number of carbonyl (C=O) groups excluding carboxylic acids is 1. The second-order valence-electron chi connectivity index (χ2n) is 4.70. The number of carbonyl (C=O) groups is 1. The Morgan fingerprint density at radius 1 is 1.38 bits per heavy atom. The number of benzene rings is 1. The molecule has 2 atom stereocenters.